The first-order chi connectivity index (χ1) is 13.0. The monoisotopic (exact) mass is 374 g/mol. The van der Waals surface area contributed by atoms with E-state index < -0.39 is 12.1 Å². The number of benzene rings is 2. The van der Waals surface area contributed by atoms with E-state index >= 15 is 0 Å². The van der Waals surface area contributed by atoms with E-state index in [0.717, 1.165) is 24.1 Å². The highest BCUT2D eigenvalue weighted by Gasteiger charge is 2.25. The Labute approximate surface area is 157 Å². The van der Waals surface area contributed by atoms with Gasteiger partial charge in [-0.25, -0.2) is 8.78 Å². The second-order valence-corrected chi connectivity index (χ2v) is 6.83. The Morgan fingerprint density at radius 3 is 2.15 bits per heavy atom. The first-order valence-corrected chi connectivity index (χ1v) is 9.10. The molecule has 1 saturated heterocycles. The lowest BCUT2D eigenvalue weighted by molar-refractivity contribution is -0.143. The van der Waals surface area contributed by atoms with Crippen LogP contribution in [-0.2, 0) is 9.53 Å². The zero-order chi connectivity index (χ0) is 19.2. The van der Waals surface area contributed by atoms with Gasteiger partial charge in [0.1, 0.15) is 17.7 Å². The van der Waals surface area contributed by atoms with Crippen LogP contribution in [0.3, 0.4) is 0 Å². The molecule has 2 unspecified atom stereocenters. The molecule has 1 aliphatic rings. The zero-order valence-corrected chi connectivity index (χ0v) is 15.0. The maximum Gasteiger partial charge on any atom is 0.307 e. The third-order valence-corrected chi connectivity index (χ3v) is 4.89. The van der Waals surface area contributed by atoms with Crippen LogP contribution in [0.15, 0.2) is 48.5 Å². The number of aliphatic carboxylic acids is 1. The molecule has 1 N–H and O–H groups in total. The van der Waals surface area contributed by atoms with Crippen molar-refractivity contribution in [3.8, 4) is 0 Å². The summed E-state index contributed by atoms with van der Waals surface area (Å²) in [5, 5.41) is 9.19. The Bertz CT molecular complexity index is 704. The first-order valence-electron chi connectivity index (χ1n) is 9.10. The molecule has 1 heterocycles. The summed E-state index contributed by atoms with van der Waals surface area (Å²) >= 11 is 0. The average molecular weight is 374 g/mol. The van der Waals surface area contributed by atoms with Crippen LogP contribution < -0.4 is 0 Å². The number of carboxylic acids is 1. The Morgan fingerprint density at radius 2 is 1.63 bits per heavy atom. The van der Waals surface area contributed by atoms with Crippen molar-refractivity contribution in [2.75, 3.05) is 26.2 Å². The van der Waals surface area contributed by atoms with Gasteiger partial charge in [0.05, 0.1) is 12.5 Å². The maximum absolute atomic E-state index is 13.3. The minimum atomic E-state index is -0.754. The molecule has 3 rings (SSSR count). The van der Waals surface area contributed by atoms with E-state index in [2.05, 4.69) is 4.90 Å². The summed E-state index contributed by atoms with van der Waals surface area (Å²) in [5.41, 5.74) is 1.56. The summed E-state index contributed by atoms with van der Waals surface area (Å²) in [4.78, 5) is 13.3. The van der Waals surface area contributed by atoms with E-state index in [9.17, 15) is 18.7 Å². The number of nitrogens with zero attached hydrogens (tertiary/aromatic N) is 1. The van der Waals surface area contributed by atoms with Crippen LogP contribution in [0.5, 0.6) is 0 Å². The summed E-state index contributed by atoms with van der Waals surface area (Å²) in [6.45, 7) is 2.38. The van der Waals surface area contributed by atoms with Crippen molar-refractivity contribution in [3.05, 3.63) is 71.3 Å². The number of hydrogen-bond acceptors (Lipinski definition) is 3. The molecule has 0 aliphatic carbocycles. The lowest BCUT2D eigenvalue weighted by Gasteiger charge is -2.31. The number of likely N-dealkylation sites (tertiary alicyclic amines) is 1. The number of ether oxygens (including phenoxy) is 1. The minimum Gasteiger partial charge on any atom is -0.481 e. The van der Waals surface area contributed by atoms with E-state index in [4.69, 9.17) is 4.74 Å². The third kappa shape index (κ3) is 5.34. The fourth-order valence-corrected chi connectivity index (χ4v) is 3.42. The molecule has 0 spiro atoms. The molecule has 0 bridgehead atoms. The lowest BCUT2D eigenvalue weighted by atomic mass is 9.98. The van der Waals surface area contributed by atoms with Gasteiger partial charge in [0, 0.05) is 13.1 Å². The van der Waals surface area contributed by atoms with Gasteiger partial charge in [0.15, 0.2) is 0 Å². The first kappa shape index (κ1) is 19.5. The van der Waals surface area contributed by atoms with Crippen molar-refractivity contribution in [2.24, 2.45) is 5.92 Å². The van der Waals surface area contributed by atoms with Crippen molar-refractivity contribution in [3.63, 3.8) is 0 Å². The van der Waals surface area contributed by atoms with Gasteiger partial charge in [0.25, 0.3) is 0 Å². The summed E-state index contributed by atoms with van der Waals surface area (Å²) in [6.07, 6.45) is 1.13. The zero-order valence-electron chi connectivity index (χ0n) is 15.0. The second-order valence-electron chi connectivity index (χ2n) is 6.83. The van der Waals surface area contributed by atoms with Crippen LogP contribution in [0.2, 0.25) is 0 Å². The Kier molecular flexibility index (Phi) is 6.53. The van der Waals surface area contributed by atoms with Crippen molar-refractivity contribution in [2.45, 2.75) is 18.9 Å². The summed E-state index contributed by atoms with van der Waals surface area (Å²) < 4.78 is 32.6. The molecule has 1 fully saturated rings. The maximum atomic E-state index is 13.3. The number of halogens is 2. The molecule has 0 amide bonds. The predicted octanol–water partition coefficient (Wildman–Crippen LogP) is 3.87. The number of hydrogen-bond donors (Lipinski definition) is 1. The lowest BCUT2D eigenvalue weighted by Crippen LogP contribution is -2.40. The molecule has 27 heavy (non-hydrogen) atoms. The average Bonchev–Trinajstić information content (AvgIpc) is 2.67. The van der Waals surface area contributed by atoms with Crippen LogP contribution in [0.25, 0.3) is 0 Å². The van der Waals surface area contributed by atoms with Crippen LogP contribution >= 0.6 is 0 Å². The predicted molar refractivity (Wildman–Crippen MR) is 97.4 cm³/mol. The van der Waals surface area contributed by atoms with Gasteiger partial charge in [-0.1, -0.05) is 24.3 Å². The molecule has 144 valence electrons. The van der Waals surface area contributed by atoms with Gasteiger partial charge in [-0.05, 0) is 54.8 Å². The fraction of sp³-hybridized carbons (Fsp3) is 0.381. The molecule has 0 saturated carbocycles. The topological polar surface area (TPSA) is 49.8 Å². The van der Waals surface area contributed by atoms with Gasteiger partial charge < -0.3 is 14.7 Å². The van der Waals surface area contributed by atoms with Gasteiger partial charge in [0.2, 0.25) is 0 Å². The summed E-state index contributed by atoms with van der Waals surface area (Å²) in [7, 11) is 0. The Balaban J connectivity index is 1.65. The van der Waals surface area contributed by atoms with Gasteiger partial charge in [-0.2, -0.15) is 0 Å². The van der Waals surface area contributed by atoms with Crippen LogP contribution in [0.4, 0.5) is 8.78 Å². The number of carboxylic acid groups (broad SMARTS) is 1. The second kappa shape index (κ2) is 9.06. The largest absolute Gasteiger partial charge is 0.481 e. The molecule has 0 radical (unpaired) electrons. The highest BCUT2D eigenvalue weighted by Crippen LogP contribution is 2.27. The van der Waals surface area contributed by atoms with Crippen molar-refractivity contribution in [1.82, 2.24) is 4.90 Å². The highest BCUT2D eigenvalue weighted by atomic mass is 19.1. The van der Waals surface area contributed by atoms with E-state index in [1.165, 1.54) is 24.3 Å². The fourth-order valence-electron chi connectivity index (χ4n) is 3.42. The Morgan fingerprint density at radius 1 is 1.07 bits per heavy atom. The third-order valence-electron chi connectivity index (χ3n) is 4.89. The minimum absolute atomic E-state index is 0.329. The van der Waals surface area contributed by atoms with Crippen LogP contribution in [0.1, 0.15) is 30.1 Å². The molecule has 4 nitrogen and oxygen atoms in total. The van der Waals surface area contributed by atoms with E-state index in [1.807, 2.05) is 0 Å². The normalized spacial score (nSPS) is 19.0. The SMILES string of the molecule is O=C(O)C1CCCN(CCOC(c2ccc(F)cc2)c2ccc([18F])cc2)C1. The molecule has 1 aliphatic heterocycles. The number of piperidine rings is 1. The highest BCUT2D eigenvalue weighted by molar-refractivity contribution is 5.70. The van der Waals surface area contributed by atoms with E-state index in [0.29, 0.717) is 26.1 Å². The summed E-state index contributed by atoms with van der Waals surface area (Å²) in [5.74, 6) is -1.74. The standard InChI is InChI=1S/C21H23F2NO3/c22-18-7-3-15(4-8-18)20(16-5-9-19(23)10-6-16)27-13-12-24-11-1-2-17(14-24)21(25)26/h3-10,17,20H,1-2,11-14H2,(H,25,26)/i22-1. The van der Waals surface area contributed by atoms with Crippen molar-refractivity contribution < 1.29 is 23.4 Å². The molecule has 2 aromatic carbocycles. The van der Waals surface area contributed by atoms with E-state index in [-0.39, 0.29) is 17.6 Å². The molecular weight excluding hydrogens is 351 g/mol. The van der Waals surface area contributed by atoms with E-state index in [1.54, 1.807) is 24.3 Å². The number of rotatable bonds is 7. The van der Waals surface area contributed by atoms with Gasteiger partial charge in [-0.15, -0.1) is 0 Å². The molecule has 0 aromatic heterocycles. The molecule has 2 aromatic rings. The summed E-state index contributed by atoms with van der Waals surface area (Å²) in [6, 6.07) is 12.1. The molecule has 6 heteroatoms. The van der Waals surface area contributed by atoms with Gasteiger partial charge >= 0.3 is 5.97 Å². The Hall–Kier alpha value is -2.31. The molecule has 2 atom stereocenters. The smallest absolute Gasteiger partial charge is 0.307 e. The molecular formula is C21H23F2NO3. The van der Waals surface area contributed by atoms with Crippen molar-refractivity contribution in [1.29, 1.82) is 0 Å². The van der Waals surface area contributed by atoms with Crippen LogP contribution in [-0.4, -0.2) is 42.2 Å². The van der Waals surface area contributed by atoms with Crippen LogP contribution in [0, 0.1) is 17.6 Å². The van der Waals surface area contributed by atoms with Gasteiger partial charge in [-0.3, -0.25) is 4.79 Å². The van der Waals surface area contributed by atoms with Crippen molar-refractivity contribution >= 4 is 5.97 Å². The number of carbonyl (C=O) groups is 1. The quantitative estimate of drug-likeness (QED) is 0.799.